The highest BCUT2D eigenvalue weighted by atomic mass is 16.6. The summed E-state index contributed by atoms with van der Waals surface area (Å²) in [5.41, 5.74) is 1.62. The van der Waals surface area contributed by atoms with Crippen molar-refractivity contribution < 1.29 is 19.4 Å². The van der Waals surface area contributed by atoms with Gasteiger partial charge in [0.2, 0.25) is 0 Å². The molecule has 26 heavy (non-hydrogen) atoms. The lowest BCUT2D eigenvalue weighted by Gasteiger charge is -2.49. The summed E-state index contributed by atoms with van der Waals surface area (Å²) in [6.07, 6.45) is 0.214. The Morgan fingerprint density at radius 2 is 1.81 bits per heavy atom. The van der Waals surface area contributed by atoms with Crippen LogP contribution in [-0.4, -0.2) is 64.8 Å². The van der Waals surface area contributed by atoms with Crippen LogP contribution in [0.2, 0.25) is 0 Å². The highest BCUT2D eigenvalue weighted by molar-refractivity contribution is 5.98. The number of fused-ring (bicyclic) bond motifs is 2. The van der Waals surface area contributed by atoms with Gasteiger partial charge in [0.15, 0.2) is 0 Å². The Labute approximate surface area is 154 Å². The largest absolute Gasteiger partial charge is 0.478 e. The molecule has 6 heteroatoms. The average molecular weight is 358 g/mol. The first-order valence-corrected chi connectivity index (χ1v) is 8.89. The summed E-state index contributed by atoms with van der Waals surface area (Å²) in [4.78, 5) is 28.3. The van der Waals surface area contributed by atoms with Crippen LogP contribution in [0.25, 0.3) is 5.57 Å². The molecule has 0 spiro atoms. The Hall–Kier alpha value is -2.34. The molecule has 1 saturated heterocycles. The van der Waals surface area contributed by atoms with Crippen molar-refractivity contribution in [3.8, 4) is 0 Å². The first-order valence-electron chi connectivity index (χ1n) is 8.89. The molecule has 2 aliphatic rings. The van der Waals surface area contributed by atoms with Crippen LogP contribution < -0.4 is 0 Å². The van der Waals surface area contributed by atoms with Crippen LogP contribution in [0.3, 0.4) is 0 Å². The quantitative estimate of drug-likeness (QED) is 0.880. The standard InChI is InChI=1S/C20H26N2O4/c1-20(2,3)26-19(25)22-11-14-10-15(13-8-6-5-7-9-13)17(18(23)24)16(12-22)21(14)4/h5-9,14,16H,10-12H2,1-4H3,(H,23,24). The van der Waals surface area contributed by atoms with Gasteiger partial charge in [0, 0.05) is 19.1 Å². The summed E-state index contributed by atoms with van der Waals surface area (Å²) in [6, 6.07) is 9.38. The smallest absolute Gasteiger partial charge is 0.410 e. The van der Waals surface area contributed by atoms with Crippen molar-refractivity contribution in [3.05, 3.63) is 41.5 Å². The number of carbonyl (C=O) groups excluding carboxylic acids is 1. The second-order valence-corrected chi connectivity index (χ2v) is 7.99. The first-order chi connectivity index (χ1) is 12.2. The topological polar surface area (TPSA) is 70.1 Å². The average Bonchev–Trinajstić information content (AvgIpc) is 2.53. The minimum absolute atomic E-state index is 0.0691. The van der Waals surface area contributed by atoms with Crippen LogP contribution in [0.1, 0.15) is 32.8 Å². The summed E-state index contributed by atoms with van der Waals surface area (Å²) in [7, 11) is 1.94. The van der Waals surface area contributed by atoms with Gasteiger partial charge in [-0.15, -0.1) is 0 Å². The number of ether oxygens (including phenoxy) is 1. The van der Waals surface area contributed by atoms with E-state index in [-0.39, 0.29) is 18.2 Å². The van der Waals surface area contributed by atoms with Crippen molar-refractivity contribution in [1.29, 1.82) is 0 Å². The molecule has 0 saturated carbocycles. The summed E-state index contributed by atoms with van der Waals surface area (Å²) in [5, 5.41) is 9.89. The fraction of sp³-hybridized carbons (Fsp3) is 0.500. The van der Waals surface area contributed by atoms with Crippen molar-refractivity contribution in [2.75, 3.05) is 20.1 Å². The maximum atomic E-state index is 12.5. The van der Waals surface area contributed by atoms with Gasteiger partial charge in [0.1, 0.15) is 5.60 Å². The maximum Gasteiger partial charge on any atom is 0.410 e. The highest BCUT2D eigenvalue weighted by Gasteiger charge is 2.44. The number of hydrogen-bond acceptors (Lipinski definition) is 4. The number of nitrogens with zero attached hydrogens (tertiary/aromatic N) is 2. The van der Waals surface area contributed by atoms with Gasteiger partial charge >= 0.3 is 12.1 Å². The van der Waals surface area contributed by atoms with Crippen molar-refractivity contribution in [2.24, 2.45) is 0 Å². The van der Waals surface area contributed by atoms with Crippen molar-refractivity contribution in [2.45, 2.75) is 44.9 Å². The zero-order valence-corrected chi connectivity index (χ0v) is 15.7. The molecule has 2 atom stereocenters. The number of benzene rings is 1. The molecule has 140 valence electrons. The molecule has 0 aromatic heterocycles. The summed E-state index contributed by atoms with van der Waals surface area (Å²) in [5.74, 6) is -0.926. The van der Waals surface area contributed by atoms with Gasteiger partial charge in [-0.3, -0.25) is 4.90 Å². The van der Waals surface area contributed by atoms with Gasteiger partial charge in [0.05, 0.1) is 11.6 Å². The third kappa shape index (κ3) is 3.60. The Morgan fingerprint density at radius 1 is 1.15 bits per heavy atom. The number of likely N-dealkylation sites (N-methyl/N-ethyl adjacent to an activating group) is 1. The predicted molar refractivity (Wildman–Crippen MR) is 98.8 cm³/mol. The van der Waals surface area contributed by atoms with E-state index in [0.29, 0.717) is 25.1 Å². The van der Waals surface area contributed by atoms with E-state index < -0.39 is 11.6 Å². The van der Waals surface area contributed by atoms with E-state index in [1.165, 1.54) is 0 Å². The van der Waals surface area contributed by atoms with E-state index in [9.17, 15) is 14.7 Å². The van der Waals surface area contributed by atoms with Crippen LogP contribution in [0, 0.1) is 0 Å². The zero-order valence-electron chi connectivity index (χ0n) is 15.7. The fourth-order valence-electron chi connectivity index (χ4n) is 3.76. The molecule has 1 aromatic carbocycles. The maximum absolute atomic E-state index is 12.5. The Bertz CT molecular complexity index is 736. The van der Waals surface area contributed by atoms with Crippen LogP contribution in [0.5, 0.6) is 0 Å². The Morgan fingerprint density at radius 3 is 2.38 bits per heavy atom. The van der Waals surface area contributed by atoms with Gasteiger partial charge in [-0.1, -0.05) is 30.3 Å². The van der Waals surface area contributed by atoms with E-state index in [2.05, 4.69) is 4.90 Å². The molecular formula is C20H26N2O4. The number of carboxylic acid groups (broad SMARTS) is 1. The predicted octanol–water partition coefficient (Wildman–Crippen LogP) is 2.85. The van der Waals surface area contributed by atoms with Crippen molar-refractivity contribution in [3.63, 3.8) is 0 Å². The van der Waals surface area contributed by atoms with E-state index in [4.69, 9.17) is 4.74 Å². The van der Waals surface area contributed by atoms with E-state index in [0.717, 1.165) is 11.1 Å². The van der Waals surface area contributed by atoms with Crippen LogP contribution in [0.15, 0.2) is 35.9 Å². The molecule has 3 rings (SSSR count). The van der Waals surface area contributed by atoms with Gasteiger partial charge in [-0.25, -0.2) is 9.59 Å². The molecule has 2 bridgehead atoms. The van der Waals surface area contributed by atoms with Crippen LogP contribution in [0.4, 0.5) is 4.79 Å². The molecule has 1 amide bonds. The normalized spacial score (nSPS) is 23.8. The van der Waals surface area contributed by atoms with Gasteiger partial charge in [-0.05, 0) is 45.4 Å². The summed E-state index contributed by atoms with van der Waals surface area (Å²) in [6.45, 7) is 6.35. The molecule has 0 aliphatic carbocycles. The Kier molecular flexibility index (Phi) is 4.80. The number of rotatable bonds is 2. The summed E-state index contributed by atoms with van der Waals surface area (Å²) >= 11 is 0. The number of hydrogen-bond donors (Lipinski definition) is 1. The number of amides is 1. The Balaban J connectivity index is 1.95. The monoisotopic (exact) mass is 358 g/mol. The minimum Gasteiger partial charge on any atom is -0.478 e. The van der Waals surface area contributed by atoms with Gasteiger partial charge < -0.3 is 14.7 Å². The van der Waals surface area contributed by atoms with Gasteiger partial charge in [-0.2, -0.15) is 0 Å². The van der Waals surface area contributed by atoms with E-state index in [1.807, 2.05) is 58.2 Å². The number of aliphatic carboxylic acids is 1. The summed E-state index contributed by atoms with van der Waals surface area (Å²) < 4.78 is 5.49. The lowest BCUT2D eigenvalue weighted by molar-refractivity contribution is -0.134. The fourth-order valence-corrected chi connectivity index (χ4v) is 3.76. The molecule has 2 aliphatic heterocycles. The zero-order chi connectivity index (χ0) is 19.1. The SMILES string of the molecule is CN1C2CC(c3ccccc3)=C(C(=O)O)C1CN(C(=O)OC(C)(C)C)C2. The molecule has 0 radical (unpaired) electrons. The number of carboxylic acids is 1. The third-order valence-electron chi connectivity index (χ3n) is 4.99. The third-order valence-corrected chi connectivity index (χ3v) is 4.99. The second kappa shape index (κ2) is 6.76. The number of carbonyl (C=O) groups is 2. The molecule has 1 fully saturated rings. The van der Waals surface area contributed by atoms with Crippen molar-refractivity contribution in [1.82, 2.24) is 9.80 Å². The molecular weight excluding hydrogens is 332 g/mol. The molecule has 2 unspecified atom stereocenters. The highest BCUT2D eigenvalue weighted by Crippen LogP contribution is 2.37. The first kappa shape index (κ1) is 18.5. The second-order valence-electron chi connectivity index (χ2n) is 7.99. The molecule has 1 aromatic rings. The van der Waals surface area contributed by atoms with Crippen molar-refractivity contribution >= 4 is 17.6 Å². The van der Waals surface area contributed by atoms with Crippen LogP contribution >= 0.6 is 0 Å². The van der Waals surface area contributed by atoms with E-state index in [1.54, 1.807) is 4.90 Å². The molecule has 6 nitrogen and oxygen atoms in total. The molecule has 2 heterocycles. The minimum atomic E-state index is -0.926. The lowest BCUT2D eigenvalue weighted by Crippen LogP contribution is -2.62. The molecule has 1 N–H and O–H groups in total. The van der Waals surface area contributed by atoms with Gasteiger partial charge in [0.25, 0.3) is 0 Å². The van der Waals surface area contributed by atoms with Crippen LogP contribution in [-0.2, 0) is 9.53 Å². The lowest BCUT2D eigenvalue weighted by atomic mass is 9.82. The van der Waals surface area contributed by atoms with E-state index >= 15 is 0 Å². The number of piperazine rings is 1.